The molecule has 0 bridgehead atoms. The first kappa shape index (κ1) is 23.8. The number of rotatable bonds is 4. The Hall–Kier alpha value is -0.217. The predicted molar refractivity (Wildman–Crippen MR) is 76.0 cm³/mol. The summed E-state index contributed by atoms with van der Waals surface area (Å²) < 4.78 is 0. The molecule has 0 aromatic rings. The molecule has 0 radical (unpaired) electrons. The first-order valence-corrected chi connectivity index (χ1v) is 12.0. The fraction of sp³-hybridized carbons (Fsp3) is 0.500. The summed E-state index contributed by atoms with van der Waals surface area (Å²) >= 11 is 6.72. The number of hydrogen-bond donors (Lipinski definition) is 4. The van der Waals surface area contributed by atoms with Gasteiger partial charge < -0.3 is 0 Å². The van der Waals surface area contributed by atoms with Crippen molar-refractivity contribution in [2.45, 2.75) is 27.7 Å². The summed E-state index contributed by atoms with van der Waals surface area (Å²) in [4.78, 5) is 19.3. The predicted octanol–water partition coefficient (Wildman–Crippen LogP) is 3.65. The van der Waals surface area contributed by atoms with Crippen molar-refractivity contribution in [1.29, 1.82) is 0 Å². The van der Waals surface area contributed by atoms with Gasteiger partial charge in [-0.1, -0.05) is 0 Å². The molecule has 115 valence electrons. The van der Waals surface area contributed by atoms with Crippen LogP contribution in [0.15, 0.2) is 33.1 Å². The van der Waals surface area contributed by atoms with Gasteiger partial charge in [-0.15, -0.1) is 9.81 Å². The molecule has 0 fully saturated rings. The molecular formula is C8H16Br2N4O4Rh. The van der Waals surface area contributed by atoms with Crippen molar-refractivity contribution >= 4 is 27.2 Å². The second-order valence-corrected chi connectivity index (χ2v) is 10.4. The maximum atomic E-state index is 9.65. The number of nitroso groups, excluding NO2 is 2. The third kappa shape index (κ3) is 17.8. The Morgan fingerprint density at radius 1 is 0.895 bits per heavy atom. The Morgan fingerprint density at radius 2 is 1.11 bits per heavy atom. The van der Waals surface area contributed by atoms with Crippen LogP contribution in [0.3, 0.4) is 0 Å². The van der Waals surface area contributed by atoms with E-state index in [1.807, 2.05) is 0 Å². The molecule has 0 aliphatic heterocycles. The van der Waals surface area contributed by atoms with Crippen molar-refractivity contribution in [3.8, 4) is 0 Å². The molecule has 4 N–H and O–H groups in total. The Balaban J connectivity index is -0.000000224. The zero-order valence-electron chi connectivity index (χ0n) is 10.7. The Kier molecular flexibility index (Phi) is 22.3. The molecule has 0 atom stereocenters. The van der Waals surface area contributed by atoms with E-state index in [9.17, 15) is 9.81 Å². The van der Waals surface area contributed by atoms with Crippen LogP contribution in [0.4, 0.5) is 0 Å². The van der Waals surface area contributed by atoms with Gasteiger partial charge in [-0.3, -0.25) is 21.4 Å². The molecule has 11 heteroatoms. The molecule has 0 saturated carbocycles. The maximum absolute atomic E-state index is 9.65. The van der Waals surface area contributed by atoms with E-state index in [0.29, 0.717) is 24.6 Å². The van der Waals surface area contributed by atoms with Gasteiger partial charge in [0.1, 0.15) is 11.4 Å². The van der Waals surface area contributed by atoms with Gasteiger partial charge in [-0.05, 0) is 38.0 Å². The average molecular weight is 495 g/mol. The van der Waals surface area contributed by atoms with E-state index in [1.165, 1.54) is 13.8 Å². The summed E-state index contributed by atoms with van der Waals surface area (Å²) in [6.45, 7) is 6.12. The van der Waals surface area contributed by atoms with Gasteiger partial charge >= 0.3 is 40.5 Å². The van der Waals surface area contributed by atoms with Crippen molar-refractivity contribution in [3.05, 3.63) is 32.6 Å². The van der Waals surface area contributed by atoms with Crippen molar-refractivity contribution in [1.82, 2.24) is 11.0 Å². The fourth-order valence-electron chi connectivity index (χ4n) is 0.299. The fourth-order valence-corrected chi connectivity index (χ4v) is 0.299. The van der Waals surface area contributed by atoms with Crippen LogP contribution in [0, 0.1) is 9.81 Å². The molecule has 0 spiro atoms. The van der Waals surface area contributed by atoms with Crippen LogP contribution in [0.25, 0.3) is 0 Å². The van der Waals surface area contributed by atoms with Crippen LogP contribution in [-0.2, 0) is 13.2 Å². The molecule has 19 heavy (non-hydrogen) atoms. The minimum atomic E-state index is 0.257. The molecule has 0 unspecified atom stereocenters. The average Bonchev–Trinajstić information content (AvgIpc) is 2.45. The van der Waals surface area contributed by atoms with Crippen LogP contribution in [0.1, 0.15) is 27.7 Å². The molecular weight excluding hydrogens is 479 g/mol. The monoisotopic (exact) mass is 493 g/mol. The normalized spacial score (nSPS) is 11.6. The summed E-state index contributed by atoms with van der Waals surface area (Å²) in [6.07, 6.45) is 0. The van der Waals surface area contributed by atoms with Crippen molar-refractivity contribution < 1.29 is 23.6 Å². The van der Waals surface area contributed by atoms with Crippen LogP contribution in [0.2, 0.25) is 0 Å². The molecule has 0 saturated heterocycles. The third-order valence-corrected chi connectivity index (χ3v) is 1.69. The molecule has 0 aromatic heterocycles. The van der Waals surface area contributed by atoms with E-state index in [1.54, 1.807) is 24.8 Å². The van der Waals surface area contributed by atoms with E-state index in [4.69, 9.17) is 10.4 Å². The number of hydroxylamine groups is 2. The Bertz CT molecular complexity index is 296. The van der Waals surface area contributed by atoms with Crippen molar-refractivity contribution in [2.24, 2.45) is 10.4 Å². The topological polar surface area (TPSA) is 123 Å². The van der Waals surface area contributed by atoms with Gasteiger partial charge in [0, 0.05) is 0 Å². The molecule has 0 amide bonds. The molecule has 0 aliphatic carbocycles. The molecule has 0 rings (SSSR count). The number of halogens is 2. The van der Waals surface area contributed by atoms with Gasteiger partial charge in [-0.2, -0.15) is 0 Å². The third-order valence-electron chi connectivity index (χ3n) is 1.69. The Labute approximate surface area is 132 Å². The summed E-state index contributed by atoms with van der Waals surface area (Å²) in [6, 6.07) is 0. The molecule has 0 aromatic carbocycles. The number of nitrogens with one attached hydrogen (secondary N) is 2. The van der Waals surface area contributed by atoms with E-state index >= 15 is 0 Å². The van der Waals surface area contributed by atoms with Crippen LogP contribution < -0.4 is 11.0 Å². The van der Waals surface area contributed by atoms with Gasteiger partial charge in [-0.25, -0.2) is 0 Å². The molecule has 8 nitrogen and oxygen atoms in total. The Morgan fingerprint density at radius 3 is 1.16 bits per heavy atom. The molecule has 0 heterocycles. The summed E-state index contributed by atoms with van der Waals surface area (Å²) in [5, 5.41) is 21.4. The van der Waals surface area contributed by atoms with Crippen molar-refractivity contribution in [2.75, 3.05) is 0 Å². The van der Waals surface area contributed by atoms with Gasteiger partial charge in [0.15, 0.2) is 0 Å². The summed E-state index contributed by atoms with van der Waals surface area (Å²) in [5.41, 5.74) is 4.87. The van der Waals surface area contributed by atoms with Gasteiger partial charge in [0.25, 0.3) is 0 Å². The van der Waals surface area contributed by atoms with Gasteiger partial charge in [0.2, 0.25) is 0 Å². The van der Waals surface area contributed by atoms with E-state index in [-0.39, 0.29) is 11.4 Å². The zero-order chi connectivity index (χ0) is 15.8. The number of allylic oxidation sites excluding steroid dienone is 4. The zero-order valence-corrected chi connectivity index (χ0v) is 15.5. The summed E-state index contributed by atoms with van der Waals surface area (Å²) in [7, 11) is 0. The van der Waals surface area contributed by atoms with Crippen LogP contribution in [0.5, 0.6) is 0 Å². The van der Waals surface area contributed by atoms with E-state index in [2.05, 4.69) is 37.6 Å². The SMILES string of the molecule is C/C(N=O)=C(\C)NO.C/C(N=O)=C(\C)NO.[Br][Rh][Br]. The first-order chi connectivity index (χ1) is 8.85. The quantitative estimate of drug-likeness (QED) is 0.269. The van der Waals surface area contributed by atoms with E-state index < -0.39 is 0 Å². The molecule has 0 aliphatic rings. The number of hydrogen-bond acceptors (Lipinski definition) is 8. The summed E-state index contributed by atoms with van der Waals surface area (Å²) in [5.74, 6) is 0. The van der Waals surface area contributed by atoms with Crippen LogP contribution >= 0.6 is 27.2 Å². The van der Waals surface area contributed by atoms with Crippen molar-refractivity contribution in [3.63, 3.8) is 0 Å². The standard InChI is InChI=1S/2C4H8N2O2.2BrH.Rh/c2*1-3(5-7)4(2)6-8;;;/h2*5,7H,1-2H3;2*1H;/q;;;;+2/p-2/b2*4-3-;;;. The van der Waals surface area contributed by atoms with E-state index in [0.717, 1.165) is 0 Å². The van der Waals surface area contributed by atoms with Gasteiger partial charge in [0.05, 0.1) is 11.4 Å². The minimum absolute atomic E-state index is 0.257. The second kappa shape index (κ2) is 17.8. The number of nitrogens with zero attached hydrogens (tertiary/aromatic N) is 2. The first-order valence-electron chi connectivity index (χ1n) is 4.51. The second-order valence-electron chi connectivity index (χ2n) is 2.87. The van der Waals surface area contributed by atoms with Crippen LogP contribution in [-0.4, -0.2) is 10.4 Å².